The summed E-state index contributed by atoms with van der Waals surface area (Å²) in [6, 6.07) is 11.9. The van der Waals surface area contributed by atoms with Crippen LogP contribution in [0.3, 0.4) is 0 Å². The van der Waals surface area contributed by atoms with Crippen LogP contribution in [0.2, 0.25) is 0 Å². The van der Waals surface area contributed by atoms with Crippen LogP contribution in [-0.2, 0) is 65.5 Å². The molecule has 0 saturated carbocycles. The van der Waals surface area contributed by atoms with Gasteiger partial charge in [0, 0.05) is 18.9 Å². The van der Waals surface area contributed by atoms with E-state index in [1.807, 2.05) is 30.3 Å². The molecular weight excluding hydrogens is 1380 g/mol. The molecule has 10 rings (SSSR count). The Bertz CT molecular complexity index is 3700. The Balaban J connectivity index is 0.891. The summed E-state index contributed by atoms with van der Waals surface area (Å²) in [4.78, 5) is 96.7. The number of hydrogen-bond acceptors (Lipinski definition) is 32. The second-order valence-electron chi connectivity index (χ2n) is 25.9. The van der Waals surface area contributed by atoms with Crippen molar-refractivity contribution in [3.05, 3.63) is 108 Å². The number of fused-ring (bicyclic) bond motifs is 1. The van der Waals surface area contributed by atoms with Gasteiger partial charge < -0.3 is 153 Å². The summed E-state index contributed by atoms with van der Waals surface area (Å²) in [5.41, 5.74) is 13.6. The Morgan fingerprint density at radius 3 is 1.88 bits per heavy atom. The first-order valence-corrected chi connectivity index (χ1v) is 33.4. The summed E-state index contributed by atoms with van der Waals surface area (Å²) in [6.45, 7) is -3.37. The number of nitrogens with two attached hydrogens (primary N) is 2. The lowest BCUT2D eigenvalue weighted by atomic mass is 9.92. The van der Waals surface area contributed by atoms with Crippen molar-refractivity contribution in [1.29, 1.82) is 0 Å². The highest BCUT2D eigenvalue weighted by molar-refractivity contribution is 5.98. The molecule has 0 radical (unpaired) electrons. The van der Waals surface area contributed by atoms with Crippen molar-refractivity contribution in [2.24, 2.45) is 21.5 Å². The molecule has 2 unspecified atom stereocenters. The lowest BCUT2D eigenvalue weighted by molar-refractivity contribution is -0.353. The number of benzene rings is 4. The average molecular weight is 1470 g/mol. The first kappa shape index (κ1) is 78.0. The minimum Gasteiger partial charge on any atom is -0.497 e. The topological polar surface area (TPSA) is 594 Å². The van der Waals surface area contributed by atoms with Crippen LogP contribution in [0.15, 0.2) is 101 Å². The lowest BCUT2D eigenvalue weighted by Crippen LogP contribution is -2.70. The van der Waals surface area contributed by atoms with E-state index in [9.17, 15) is 85.6 Å². The van der Waals surface area contributed by atoms with Crippen LogP contribution in [-0.4, -0.2) is 318 Å². The number of amides is 6. The van der Waals surface area contributed by atoms with Crippen molar-refractivity contribution in [1.82, 2.24) is 42.1 Å². The van der Waals surface area contributed by atoms with Crippen LogP contribution in [0.4, 0.5) is 0 Å². The zero-order chi connectivity index (χ0) is 75.0. The number of ether oxygens (including phenoxy) is 7. The third-order valence-corrected chi connectivity index (χ3v) is 19.0. The van der Waals surface area contributed by atoms with Gasteiger partial charge in [-0.3, -0.25) is 33.8 Å². The Morgan fingerprint density at radius 1 is 0.587 bits per heavy atom. The second kappa shape index (κ2) is 34.5. The highest BCUT2D eigenvalue weighted by atomic mass is 16.7. The van der Waals surface area contributed by atoms with Gasteiger partial charge in [0.05, 0.1) is 65.3 Å². The Labute approximate surface area is 592 Å². The fourth-order valence-corrected chi connectivity index (χ4v) is 13.0. The zero-order valence-corrected chi connectivity index (χ0v) is 56.1. The van der Waals surface area contributed by atoms with Crippen molar-refractivity contribution >= 4 is 58.1 Å². The van der Waals surface area contributed by atoms with E-state index in [1.165, 1.54) is 24.3 Å². The zero-order valence-electron chi connectivity index (χ0n) is 56.1. The van der Waals surface area contributed by atoms with Crippen LogP contribution >= 0.6 is 0 Å². The van der Waals surface area contributed by atoms with Crippen molar-refractivity contribution in [2.45, 2.75) is 172 Å². The smallest absolute Gasteiger partial charge is 0.246 e. The molecular formula is C66H88N12O26. The second-order valence-corrected chi connectivity index (χ2v) is 25.9. The maximum Gasteiger partial charge on any atom is 0.246 e. The number of carbonyl (C=O) groups is 6. The molecule has 4 aromatic carbocycles. The number of nitrogens with zero attached hydrogens (tertiary/aromatic N) is 3. The van der Waals surface area contributed by atoms with Crippen LogP contribution in [0.5, 0.6) is 11.5 Å². The molecule has 0 aliphatic carbocycles. The number of guanidine groups is 2. The van der Waals surface area contributed by atoms with E-state index >= 15 is 9.59 Å². The third kappa shape index (κ3) is 17.7. The fraction of sp³-hybridized carbons (Fsp3) is 0.545. The number of aliphatic imine (C=N–C) groups is 2. The Kier molecular flexibility index (Phi) is 25.9. The van der Waals surface area contributed by atoms with E-state index in [4.69, 9.17) is 44.6 Å². The van der Waals surface area contributed by atoms with Gasteiger partial charge in [-0.25, -0.2) is 4.99 Å². The first-order chi connectivity index (χ1) is 49.7. The summed E-state index contributed by atoms with van der Waals surface area (Å²) in [5, 5.41) is 163. The quantitative estimate of drug-likeness (QED) is 0.0368. The summed E-state index contributed by atoms with van der Waals surface area (Å²) in [6.07, 6.45) is -31.6. The average Bonchev–Trinajstić information content (AvgIpc) is 1.66. The van der Waals surface area contributed by atoms with Gasteiger partial charge in [0.1, 0.15) is 127 Å². The maximum atomic E-state index is 15.2. The largest absolute Gasteiger partial charge is 0.497 e. The van der Waals surface area contributed by atoms with Gasteiger partial charge in [0.2, 0.25) is 41.7 Å². The number of aliphatic hydroxyl groups is 13. The van der Waals surface area contributed by atoms with E-state index in [2.05, 4.69) is 47.2 Å². The lowest BCUT2D eigenvalue weighted by Gasteiger charge is -2.46. The molecule has 0 spiro atoms. The van der Waals surface area contributed by atoms with Crippen LogP contribution in [0, 0.1) is 0 Å². The van der Waals surface area contributed by atoms with Gasteiger partial charge >= 0.3 is 0 Å². The van der Waals surface area contributed by atoms with Gasteiger partial charge in [-0.1, -0.05) is 67.6 Å². The highest BCUT2D eigenvalue weighted by Gasteiger charge is 2.54. The number of carbonyl (C=O) groups excluding carboxylic acids is 6. The van der Waals surface area contributed by atoms with Gasteiger partial charge in [-0.05, 0) is 57.8 Å². The van der Waals surface area contributed by atoms with E-state index in [0.717, 1.165) is 21.2 Å². The standard InChI is InChI=1S/C66H88N12O26/c1-27(30-6-4-3-5-7-30)43-59(95)72-35(17-28-9-13-33(14-10-28)100-63-55(92)52(89)56(40(24-81)102-63)104-64-54(91)51(88)49(86)41(103-64)26-99-25-29-8-11-32-18-34(98-2)15-12-31(32)16-29)58(94)76-44(46(83)36-19-70-65(67)74-36)61(97)77-45(60(96)73-37(22-79)57(93)69-21-42(82)75-43)47(84)38-20-71-66(68)78(38)62-53(90)50(87)48(85)39(23-80)101-62/h3-16,18,27,35-41,43-56,62-64,79-81,83-92H,17,19-26H2,1-2H3,(H2,68,71)(H,69,93)(H,72,95)(H,73,96)(H,75,82)(H,76,94)(H,77,97)(H3,67,70,74)/t27-,35+,36-,37-,38-,39+,40+,41+,43-,44-,45?,46-,47?,48+,49+,50-,51-,52+,53-,54-,55-,56+,62-,63-,64+/m0/s1. The molecule has 4 fully saturated rings. The molecule has 6 aliphatic rings. The normalized spacial score (nSPS) is 34.3. The predicted molar refractivity (Wildman–Crippen MR) is 356 cm³/mol. The molecule has 568 valence electrons. The van der Waals surface area contributed by atoms with E-state index in [0.29, 0.717) is 11.3 Å². The van der Waals surface area contributed by atoms with Crippen LogP contribution in [0.1, 0.15) is 29.5 Å². The monoisotopic (exact) mass is 1460 g/mol. The molecule has 38 heteroatoms. The van der Waals surface area contributed by atoms with Crippen molar-refractivity contribution < 1.29 is 128 Å². The maximum absolute atomic E-state index is 15.2. The molecule has 38 nitrogen and oxygen atoms in total. The Hall–Kier alpha value is -8.62. The molecule has 4 saturated heterocycles. The van der Waals surface area contributed by atoms with E-state index in [1.54, 1.807) is 50.4 Å². The minimum atomic E-state index is -2.36. The molecule has 0 aromatic heterocycles. The van der Waals surface area contributed by atoms with Crippen molar-refractivity contribution in [3.8, 4) is 11.5 Å². The molecule has 6 aliphatic heterocycles. The number of hydrogen-bond donors (Lipinski definition) is 22. The molecule has 104 heavy (non-hydrogen) atoms. The summed E-state index contributed by atoms with van der Waals surface area (Å²) in [7, 11) is 1.56. The number of methoxy groups -OCH3 is 1. The molecule has 25 atom stereocenters. The summed E-state index contributed by atoms with van der Waals surface area (Å²) >= 11 is 0. The summed E-state index contributed by atoms with van der Waals surface area (Å²) < 4.78 is 40.5. The van der Waals surface area contributed by atoms with Gasteiger partial charge in [0.15, 0.2) is 24.4 Å². The third-order valence-electron chi connectivity index (χ3n) is 19.0. The number of rotatable bonds is 21. The molecule has 6 heterocycles. The molecule has 6 amide bonds. The fourth-order valence-electron chi connectivity index (χ4n) is 13.0. The number of aliphatic hydroxyl groups excluding tert-OH is 13. The van der Waals surface area contributed by atoms with E-state index in [-0.39, 0.29) is 37.0 Å². The molecule has 0 bridgehead atoms. The van der Waals surface area contributed by atoms with Gasteiger partial charge in [0.25, 0.3) is 0 Å². The van der Waals surface area contributed by atoms with E-state index < -0.39 is 233 Å². The number of nitrogens with one attached hydrogen (secondary N) is 7. The van der Waals surface area contributed by atoms with Crippen molar-refractivity contribution in [3.63, 3.8) is 0 Å². The molecule has 24 N–H and O–H groups in total. The van der Waals surface area contributed by atoms with Gasteiger partial charge in [-0.2, -0.15) is 0 Å². The van der Waals surface area contributed by atoms with Gasteiger partial charge in [-0.15, -0.1) is 0 Å². The van der Waals surface area contributed by atoms with Crippen molar-refractivity contribution in [2.75, 3.05) is 53.2 Å². The first-order valence-electron chi connectivity index (χ1n) is 33.4. The Morgan fingerprint density at radius 2 is 1.19 bits per heavy atom. The molecule has 4 aromatic rings. The van der Waals surface area contributed by atoms with Crippen LogP contribution < -0.4 is 58.2 Å². The predicted octanol–water partition coefficient (Wildman–Crippen LogP) is -10.2. The minimum absolute atomic E-state index is 0.0448. The SMILES string of the molecule is COc1ccc2cc(COC[C@H]3O[C@H](O[C@H]4[C@H](O)[C@H](O)[C@@H](Oc5ccc(C[C@H]6NC(=O)[C@H]([C@@H](C)c7ccccc7)NC(=O)CNC(=O)[C@H](CO)NC(=O)C(C(O)[C@@H]7CN=C(N)N7[C@H]7O[C@H](CO)[C@@H](O)[C@H](O)[C@@H]7O)NC(=O)[C@H]([C@@H](O)[C@@H]7CNC(N)=N7)NC6=O)cc5)O[C@@H]4CO)[C@@H](O)[C@@H](O)[C@@H]3O)ccc2c1. The highest BCUT2D eigenvalue weighted by Crippen LogP contribution is 2.33. The van der Waals surface area contributed by atoms with Crippen LogP contribution in [0.25, 0.3) is 10.8 Å². The summed E-state index contributed by atoms with van der Waals surface area (Å²) in [5.74, 6) is -8.34.